The topological polar surface area (TPSA) is 82.0 Å². The Hall–Kier alpha value is -2.35. The Bertz CT molecular complexity index is 477. The van der Waals surface area contributed by atoms with Gasteiger partial charge >= 0.3 is 6.03 Å². The maximum atomic E-state index is 11.5. The largest absolute Gasteiger partial charge is 0.338 e. The number of Topliss-reactive ketones (excluding diaryl/α,β-unsaturated/α-hetero) is 1. The van der Waals surface area contributed by atoms with Gasteiger partial charge in [0, 0.05) is 24.2 Å². The first-order chi connectivity index (χ1) is 8.63. The number of carbonyl (C=O) groups excluding carboxylic acids is 2. The zero-order valence-corrected chi connectivity index (χ0v) is 10.2. The Balaban J connectivity index is 2.47. The van der Waals surface area contributed by atoms with Gasteiger partial charge in [-0.15, -0.1) is 0 Å². The van der Waals surface area contributed by atoms with Gasteiger partial charge in [0.2, 0.25) is 0 Å². The van der Waals surface area contributed by atoms with E-state index in [9.17, 15) is 9.59 Å². The van der Waals surface area contributed by atoms with Crippen LogP contribution in [0, 0.1) is 11.3 Å². The fourth-order valence-corrected chi connectivity index (χ4v) is 1.36. The molecule has 5 heteroatoms. The van der Waals surface area contributed by atoms with Crippen molar-refractivity contribution in [3.05, 3.63) is 29.8 Å². The number of benzene rings is 1. The van der Waals surface area contributed by atoms with E-state index in [2.05, 4.69) is 10.6 Å². The van der Waals surface area contributed by atoms with Crippen molar-refractivity contribution in [2.45, 2.75) is 19.8 Å². The lowest BCUT2D eigenvalue weighted by atomic mass is 10.1. The van der Waals surface area contributed by atoms with Gasteiger partial charge in [-0.05, 0) is 25.5 Å². The molecule has 1 rings (SSSR count). The minimum Gasteiger partial charge on any atom is -0.338 e. The number of anilines is 1. The smallest absolute Gasteiger partial charge is 0.319 e. The number of rotatable bonds is 5. The Kier molecular flexibility index (Phi) is 5.39. The Morgan fingerprint density at radius 2 is 2.17 bits per heavy atom. The van der Waals surface area contributed by atoms with Crippen molar-refractivity contribution < 1.29 is 9.59 Å². The van der Waals surface area contributed by atoms with Gasteiger partial charge in [-0.3, -0.25) is 4.79 Å². The molecule has 0 spiro atoms. The number of urea groups is 1. The lowest BCUT2D eigenvalue weighted by molar-refractivity contribution is 0.101. The summed E-state index contributed by atoms with van der Waals surface area (Å²) < 4.78 is 0. The highest BCUT2D eigenvalue weighted by Crippen LogP contribution is 2.10. The molecule has 2 amide bonds. The summed E-state index contributed by atoms with van der Waals surface area (Å²) in [6.07, 6.45) is 1.04. The second-order valence-electron chi connectivity index (χ2n) is 3.78. The summed E-state index contributed by atoms with van der Waals surface area (Å²) in [4.78, 5) is 22.6. The van der Waals surface area contributed by atoms with Gasteiger partial charge in [-0.1, -0.05) is 12.1 Å². The van der Waals surface area contributed by atoms with E-state index in [-0.39, 0.29) is 11.8 Å². The van der Waals surface area contributed by atoms with Crippen LogP contribution in [0.2, 0.25) is 0 Å². The van der Waals surface area contributed by atoms with Crippen LogP contribution in [-0.2, 0) is 0 Å². The normalized spacial score (nSPS) is 9.33. The highest BCUT2D eigenvalue weighted by Gasteiger charge is 2.03. The lowest BCUT2D eigenvalue weighted by Gasteiger charge is -2.07. The molecule has 0 heterocycles. The molecular weight excluding hydrogens is 230 g/mol. The summed E-state index contributed by atoms with van der Waals surface area (Å²) in [7, 11) is 0. The van der Waals surface area contributed by atoms with Crippen LogP contribution >= 0.6 is 0 Å². The summed E-state index contributed by atoms with van der Waals surface area (Å²) in [5.41, 5.74) is 1.12. The molecular formula is C13H15N3O2. The molecule has 0 aliphatic rings. The van der Waals surface area contributed by atoms with Crippen molar-refractivity contribution in [3.8, 4) is 6.07 Å². The van der Waals surface area contributed by atoms with Crippen molar-refractivity contribution in [1.29, 1.82) is 5.26 Å². The summed E-state index contributed by atoms with van der Waals surface area (Å²) in [5, 5.41) is 13.6. The van der Waals surface area contributed by atoms with Crippen molar-refractivity contribution in [1.82, 2.24) is 5.32 Å². The third-order valence-corrected chi connectivity index (χ3v) is 2.28. The standard InChI is InChI=1S/C13H15N3O2/c1-10(17)11-5-4-6-12(9-11)16-13(18)15-8-3-2-7-14/h4-6,9H,2-3,8H2,1H3,(H2,15,16,18). The molecule has 0 fully saturated rings. The van der Waals surface area contributed by atoms with Gasteiger partial charge in [0.1, 0.15) is 0 Å². The van der Waals surface area contributed by atoms with Crippen LogP contribution in [0.3, 0.4) is 0 Å². The SMILES string of the molecule is CC(=O)c1cccc(NC(=O)NCCCC#N)c1. The zero-order valence-electron chi connectivity index (χ0n) is 10.2. The molecule has 0 saturated carbocycles. The summed E-state index contributed by atoms with van der Waals surface area (Å²) in [6, 6.07) is 8.40. The number of hydrogen-bond donors (Lipinski definition) is 2. The van der Waals surface area contributed by atoms with E-state index in [1.54, 1.807) is 24.3 Å². The van der Waals surface area contributed by atoms with Crippen LogP contribution in [0.15, 0.2) is 24.3 Å². The van der Waals surface area contributed by atoms with Gasteiger partial charge in [-0.25, -0.2) is 4.79 Å². The molecule has 0 saturated heterocycles. The molecule has 0 aliphatic carbocycles. The Morgan fingerprint density at radius 3 is 2.83 bits per heavy atom. The van der Waals surface area contributed by atoms with Gasteiger partial charge in [-0.2, -0.15) is 5.26 Å². The van der Waals surface area contributed by atoms with E-state index in [4.69, 9.17) is 5.26 Å². The summed E-state index contributed by atoms with van der Waals surface area (Å²) in [6.45, 7) is 1.92. The fourth-order valence-electron chi connectivity index (χ4n) is 1.36. The Morgan fingerprint density at radius 1 is 1.39 bits per heavy atom. The minimum absolute atomic E-state index is 0.0481. The van der Waals surface area contributed by atoms with Crippen LogP contribution < -0.4 is 10.6 Å². The quantitative estimate of drug-likeness (QED) is 0.617. The molecule has 94 valence electrons. The van der Waals surface area contributed by atoms with E-state index in [1.807, 2.05) is 6.07 Å². The number of ketones is 1. The number of nitrogens with zero attached hydrogens (tertiary/aromatic N) is 1. The average molecular weight is 245 g/mol. The third-order valence-electron chi connectivity index (χ3n) is 2.28. The van der Waals surface area contributed by atoms with E-state index < -0.39 is 0 Å². The molecule has 0 atom stereocenters. The van der Waals surface area contributed by atoms with Gasteiger partial charge in [0.15, 0.2) is 5.78 Å². The van der Waals surface area contributed by atoms with Crippen molar-refractivity contribution in [2.75, 3.05) is 11.9 Å². The molecule has 0 bridgehead atoms. The molecule has 1 aromatic rings. The number of nitriles is 1. The predicted octanol–water partition coefficient (Wildman–Crippen LogP) is 2.31. The van der Waals surface area contributed by atoms with E-state index in [1.165, 1.54) is 6.92 Å². The second-order valence-corrected chi connectivity index (χ2v) is 3.78. The molecule has 0 unspecified atom stereocenters. The monoisotopic (exact) mass is 245 g/mol. The fraction of sp³-hybridized carbons (Fsp3) is 0.308. The Labute approximate surface area is 106 Å². The summed E-state index contributed by atoms with van der Waals surface area (Å²) >= 11 is 0. The maximum absolute atomic E-state index is 11.5. The van der Waals surface area contributed by atoms with Gasteiger partial charge in [0.05, 0.1) is 6.07 Å². The zero-order chi connectivity index (χ0) is 13.4. The highest BCUT2D eigenvalue weighted by atomic mass is 16.2. The molecule has 2 N–H and O–H groups in total. The van der Waals surface area contributed by atoms with Crippen LogP contribution in [0.25, 0.3) is 0 Å². The molecule has 0 radical (unpaired) electrons. The molecule has 5 nitrogen and oxygen atoms in total. The van der Waals surface area contributed by atoms with E-state index in [0.717, 1.165) is 0 Å². The number of amides is 2. The molecule has 18 heavy (non-hydrogen) atoms. The number of unbranched alkanes of at least 4 members (excludes halogenated alkanes) is 1. The van der Waals surface area contributed by atoms with Crippen LogP contribution in [0.5, 0.6) is 0 Å². The second kappa shape index (κ2) is 7.07. The van der Waals surface area contributed by atoms with E-state index >= 15 is 0 Å². The molecule has 1 aromatic carbocycles. The average Bonchev–Trinajstić information content (AvgIpc) is 2.35. The van der Waals surface area contributed by atoms with E-state index in [0.29, 0.717) is 30.6 Å². The van der Waals surface area contributed by atoms with Crippen LogP contribution in [0.1, 0.15) is 30.1 Å². The van der Waals surface area contributed by atoms with Crippen LogP contribution in [-0.4, -0.2) is 18.4 Å². The van der Waals surface area contributed by atoms with Crippen molar-refractivity contribution >= 4 is 17.5 Å². The van der Waals surface area contributed by atoms with Crippen molar-refractivity contribution in [2.24, 2.45) is 0 Å². The molecule has 0 aromatic heterocycles. The first-order valence-electron chi connectivity index (χ1n) is 5.66. The van der Waals surface area contributed by atoms with Crippen LogP contribution in [0.4, 0.5) is 10.5 Å². The number of nitrogens with one attached hydrogen (secondary N) is 2. The minimum atomic E-state index is -0.339. The lowest BCUT2D eigenvalue weighted by Crippen LogP contribution is -2.29. The third kappa shape index (κ3) is 4.66. The first kappa shape index (κ1) is 13.7. The number of carbonyl (C=O) groups is 2. The highest BCUT2D eigenvalue weighted by molar-refractivity contribution is 5.96. The van der Waals surface area contributed by atoms with Crippen molar-refractivity contribution in [3.63, 3.8) is 0 Å². The predicted molar refractivity (Wildman–Crippen MR) is 68.3 cm³/mol. The maximum Gasteiger partial charge on any atom is 0.319 e. The molecule has 0 aliphatic heterocycles. The number of hydrogen-bond acceptors (Lipinski definition) is 3. The first-order valence-corrected chi connectivity index (χ1v) is 5.66. The van der Waals surface area contributed by atoms with Gasteiger partial charge in [0.25, 0.3) is 0 Å². The summed E-state index contributed by atoms with van der Waals surface area (Å²) in [5.74, 6) is -0.0481. The van der Waals surface area contributed by atoms with Gasteiger partial charge < -0.3 is 10.6 Å².